The molecule has 0 amide bonds. The summed E-state index contributed by atoms with van der Waals surface area (Å²) in [5, 5.41) is 5.92. The van der Waals surface area contributed by atoms with E-state index in [0.29, 0.717) is 18.5 Å². The maximum atomic E-state index is 14.0. The van der Waals surface area contributed by atoms with Crippen molar-refractivity contribution in [1.82, 2.24) is 14.8 Å². The maximum absolute atomic E-state index is 14.0. The molecule has 0 bridgehead atoms. The predicted molar refractivity (Wildman–Crippen MR) is 136 cm³/mol. The quantitative estimate of drug-likeness (QED) is 0.439. The number of benzene rings is 2. The molecule has 5 heteroatoms. The highest BCUT2D eigenvalue weighted by Gasteiger charge is 2.33. The van der Waals surface area contributed by atoms with E-state index in [2.05, 4.69) is 23.2 Å². The Kier molecular flexibility index (Phi) is 5.19. The Bertz CT molecular complexity index is 1480. The van der Waals surface area contributed by atoms with Gasteiger partial charge in [0.1, 0.15) is 5.69 Å². The summed E-state index contributed by atoms with van der Waals surface area (Å²) in [6, 6.07) is 20.1. The van der Waals surface area contributed by atoms with Crippen molar-refractivity contribution in [1.29, 1.82) is 0 Å². The average molecular weight is 447 g/mol. The van der Waals surface area contributed by atoms with Crippen LogP contribution in [0.25, 0.3) is 33.3 Å². The zero-order valence-electron chi connectivity index (χ0n) is 19.0. The Balaban J connectivity index is 1.54. The molecule has 0 spiro atoms. The first kappa shape index (κ1) is 20.8. The smallest absolute Gasteiger partial charge is 0.279 e. The molecule has 4 aromatic rings. The van der Waals surface area contributed by atoms with Crippen molar-refractivity contribution in [3.63, 3.8) is 0 Å². The Labute approximate surface area is 198 Å². The molecule has 1 aliphatic carbocycles. The molecule has 168 valence electrons. The molecule has 0 saturated carbocycles. The molecule has 34 heavy (non-hydrogen) atoms. The average Bonchev–Trinajstić information content (AvgIpc) is 3.29. The molecule has 0 atom stereocenters. The van der Waals surface area contributed by atoms with Gasteiger partial charge in [-0.25, -0.2) is 0 Å². The van der Waals surface area contributed by atoms with Crippen LogP contribution in [-0.2, 0) is 6.42 Å². The van der Waals surface area contributed by atoms with E-state index in [-0.39, 0.29) is 5.91 Å². The molecule has 1 aliphatic heterocycles. The minimum atomic E-state index is -0.107. The number of allylic oxidation sites excluding steroid dienone is 3. The van der Waals surface area contributed by atoms with Crippen LogP contribution in [-0.4, -0.2) is 27.2 Å². The van der Waals surface area contributed by atoms with Crippen molar-refractivity contribution >= 4 is 28.0 Å². The van der Waals surface area contributed by atoms with Gasteiger partial charge in [0, 0.05) is 41.2 Å². The monoisotopic (exact) mass is 446 g/mol. The highest BCUT2D eigenvalue weighted by molar-refractivity contribution is 6.23. The van der Waals surface area contributed by atoms with Gasteiger partial charge in [-0.15, -0.1) is 0 Å². The Morgan fingerprint density at radius 1 is 0.971 bits per heavy atom. The number of aromatic nitrogens is 3. The van der Waals surface area contributed by atoms with Gasteiger partial charge in [-0.1, -0.05) is 48.5 Å². The van der Waals surface area contributed by atoms with E-state index in [0.717, 1.165) is 63.8 Å². The van der Waals surface area contributed by atoms with E-state index >= 15 is 0 Å². The summed E-state index contributed by atoms with van der Waals surface area (Å²) >= 11 is 0. The highest BCUT2D eigenvalue weighted by atomic mass is 16.2. The largest absolute Gasteiger partial charge is 0.327 e. The van der Waals surface area contributed by atoms with Crippen molar-refractivity contribution < 1.29 is 4.79 Å². The lowest BCUT2D eigenvalue weighted by Gasteiger charge is -2.22. The SMILES string of the molecule is NCC1=C(c2ccc3ncccc3c2)C(=O)n2nc(-c3ccccc3)c(C3=CCCCC3)c2C1. The molecule has 0 fully saturated rings. The summed E-state index contributed by atoms with van der Waals surface area (Å²) in [5.74, 6) is -0.107. The standard InChI is InChI=1S/C29H26N4O/c30-18-23-17-25-27(19-8-3-1-4-9-19)28(20-10-5-2-6-11-20)32-33(25)29(34)26(23)22-13-14-24-21(16-22)12-7-15-31-24/h2,5-8,10-16H,1,3-4,9,17-18,30H2. The second-order valence-corrected chi connectivity index (χ2v) is 9.00. The van der Waals surface area contributed by atoms with Gasteiger partial charge in [-0.2, -0.15) is 9.78 Å². The third-order valence-corrected chi connectivity index (χ3v) is 6.92. The van der Waals surface area contributed by atoms with Crippen molar-refractivity contribution in [2.24, 2.45) is 5.73 Å². The summed E-state index contributed by atoms with van der Waals surface area (Å²) in [6.45, 7) is 0.330. The third-order valence-electron chi connectivity index (χ3n) is 6.92. The highest BCUT2D eigenvalue weighted by Crippen LogP contribution is 2.40. The normalized spacial score (nSPS) is 16.0. The van der Waals surface area contributed by atoms with Crippen molar-refractivity contribution in [3.8, 4) is 11.3 Å². The van der Waals surface area contributed by atoms with E-state index < -0.39 is 0 Å². The first-order valence-corrected chi connectivity index (χ1v) is 11.9. The van der Waals surface area contributed by atoms with E-state index in [4.69, 9.17) is 10.8 Å². The number of hydrogen-bond donors (Lipinski definition) is 1. The van der Waals surface area contributed by atoms with E-state index in [1.54, 1.807) is 10.9 Å². The number of carbonyl (C=O) groups is 1. The number of rotatable bonds is 4. The van der Waals surface area contributed by atoms with Crippen molar-refractivity contribution in [2.45, 2.75) is 32.1 Å². The van der Waals surface area contributed by atoms with Gasteiger partial charge >= 0.3 is 0 Å². The summed E-state index contributed by atoms with van der Waals surface area (Å²) in [6.07, 6.45) is 9.18. The summed E-state index contributed by atoms with van der Waals surface area (Å²) in [7, 11) is 0. The van der Waals surface area contributed by atoms with Crippen LogP contribution in [0.1, 0.15) is 47.3 Å². The molecule has 2 aromatic heterocycles. The fourth-order valence-electron chi connectivity index (χ4n) is 5.27. The first-order valence-electron chi connectivity index (χ1n) is 11.9. The van der Waals surface area contributed by atoms with Gasteiger partial charge in [0.05, 0.1) is 11.2 Å². The second-order valence-electron chi connectivity index (χ2n) is 9.00. The number of nitrogens with zero attached hydrogens (tertiary/aromatic N) is 3. The molecule has 2 aromatic carbocycles. The van der Waals surface area contributed by atoms with Gasteiger partial charge in [-0.05, 0) is 60.6 Å². The molecule has 2 N–H and O–H groups in total. The molecule has 3 heterocycles. The van der Waals surface area contributed by atoms with Crippen molar-refractivity contribution in [3.05, 3.63) is 95.3 Å². The zero-order chi connectivity index (χ0) is 23.1. The van der Waals surface area contributed by atoms with Crippen LogP contribution in [0.4, 0.5) is 0 Å². The van der Waals surface area contributed by atoms with E-state index in [1.807, 2.05) is 48.5 Å². The molecule has 0 radical (unpaired) electrons. The molecular formula is C29H26N4O. The Morgan fingerprint density at radius 2 is 1.85 bits per heavy atom. The summed E-state index contributed by atoms with van der Waals surface area (Å²) in [4.78, 5) is 18.4. The molecule has 0 saturated heterocycles. The second kappa shape index (κ2) is 8.50. The zero-order valence-corrected chi connectivity index (χ0v) is 19.0. The van der Waals surface area contributed by atoms with Gasteiger partial charge < -0.3 is 5.73 Å². The minimum Gasteiger partial charge on any atom is -0.327 e. The number of hydrogen-bond acceptors (Lipinski definition) is 4. The van der Waals surface area contributed by atoms with Crippen LogP contribution in [0.2, 0.25) is 0 Å². The molecular weight excluding hydrogens is 420 g/mol. The number of nitrogens with two attached hydrogens (primary N) is 1. The van der Waals surface area contributed by atoms with Crippen LogP contribution in [0.3, 0.4) is 0 Å². The number of pyridine rings is 1. The first-order chi connectivity index (χ1) is 16.7. The van der Waals surface area contributed by atoms with E-state index in [9.17, 15) is 4.79 Å². The van der Waals surface area contributed by atoms with Crippen LogP contribution in [0.15, 0.2) is 78.5 Å². The van der Waals surface area contributed by atoms with Gasteiger partial charge in [-0.3, -0.25) is 9.78 Å². The predicted octanol–water partition coefficient (Wildman–Crippen LogP) is 5.66. The molecule has 6 rings (SSSR count). The lowest BCUT2D eigenvalue weighted by Crippen LogP contribution is -2.27. The third kappa shape index (κ3) is 3.40. The van der Waals surface area contributed by atoms with Gasteiger partial charge in [0.2, 0.25) is 0 Å². The minimum absolute atomic E-state index is 0.107. The lowest BCUT2D eigenvalue weighted by atomic mass is 9.86. The lowest BCUT2D eigenvalue weighted by molar-refractivity contribution is 0.0958. The molecule has 0 unspecified atom stereocenters. The topological polar surface area (TPSA) is 73.8 Å². The molecule has 2 aliphatic rings. The Hall–Kier alpha value is -3.83. The van der Waals surface area contributed by atoms with Gasteiger partial charge in [0.25, 0.3) is 5.91 Å². The fourth-order valence-corrected chi connectivity index (χ4v) is 5.27. The molecule has 5 nitrogen and oxygen atoms in total. The summed E-state index contributed by atoms with van der Waals surface area (Å²) in [5.41, 5.74) is 14.9. The van der Waals surface area contributed by atoms with Crippen LogP contribution in [0.5, 0.6) is 0 Å². The van der Waals surface area contributed by atoms with Crippen LogP contribution < -0.4 is 5.73 Å². The number of carbonyl (C=O) groups excluding carboxylic acids is 1. The van der Waals surface area contributed by atoms with Crippen LogP contribution in [0, 0.1) is 0 Å². The fraction of sp³-hybridized carbons (Fsp3) is 0.207. The van der Waals surface area contributed by atoms with Crippen molar-refractivity contribution in [2.75, 3.05) is 6.54 Å². The Morgan fingerprint density at radius 3 is 2.65 bits per heavy atom. The number of fused-ring (bicyclic) bond motifs is 2. The van der Waals surface area contributed by atoms with Crippen LogP contribution >= 0.6 is 0 Å². The maximum Gasteiger partial charge on any atom is 0.279 e. The summed E-state index contributed by atoms with van der Waals surface area (Å²) < 4.78 is 1.63. The van der Waals surface area contributed by atoms with E-state index in [1.165, 1.54) is 12.0 Å². The van der Waals surface area contributed by atoms with Gasteiger partial charge in [0.15, 0.2) is 0 Å².